The van der Waals surface area contributed by atoms with Crippen LogP contribution in [0.1, 0.15) is 46.5 Å². The van der Waals surface area contributed by atoms with Crippen LogP contribution >= 0.6 is 0 Å². The average Bonchev–Trinajstić information content (AvgIpc) is 2.40. The Bertz CT molecular complexity index is 454. The molecule has 7 heteroatoms. The van der Waals surface area contributed by atoms with Gasteiger partial charge < -0.3 is 14.8 Å². The van der Waals surface area contributed by atoms with Crippen molar-refractivity contribution in [3.05, 3.63) is 12.2 Å². The maximum absolute atomic E-state index is 10.9. The van der Waals surface area contributed by atoms with Crippen LogP contribution in [0.5, 0.6) is 0 Å². The number of rotatable bonds is 12. The van der Waals surface area contributed by atoms with Crippen LogP contribution in [-0.2, 0) is 14.9 Å². The van der Waals surface area contributed by atoms with Gasteiger partial charge >= 0.3 is 0 Å². The summed E-state index contributed by atoms with van der Waals surface area (Å²) in [5.41, 5.74) is 5.08. The van der Waals surface area contributed by atoms with Gasteiger partial charge in [-0.15, -0.1) is 0 Å². The quantitative estimate of drug-likeness (QED) is 0.331. The summed E-state index contributed by atoms with van der Waals surface area (Å²) in [7, 11) is -4.18. The lowest BCUT2D eigenvalue weighted by atomic mass is 10.1. The molecule has 0 aromatic carbocycles. The van der Waals surface area contributed by atoms with Gasteiger partial charge in [0.15, 0.2) is 0 Å². The Morgan fingerprint density at radius 1 is 1.23 bits per heavy atom. The van der Waals surface area contributed by atoms with E-state index < -0.39 is 16.0 Å². The fraction of sp³-hybridized carbons (Fsp3) is 0.800. The van der Waals surface area contributed by atoms with Crippen LogP contribution in [0.15, 0.2) is 12.2 Å². The second kappa shape index (κ2) is 9.97. The lowest BCUT2D eigenvalue weighted by Crippen LogP contribution is -2.56. The smallest absolute Gasteiger partial charge is 0.241 e. The predicted octanol–water partition coefficient (Wildman–Crippen LogP) is 1.38. The van der Waals surface area contributed by atoms with Gasteiger partial charge in [0.1, 0.15) is 0 Å². The van der Waals surface area contributed by atoms with E-state index in [1.54, 1.807) is 6.08 Å². The zero-order valence-electron chi connectivity index (χ0n) is 14.0. The highest BCUT2D eigenvalue weighted by Gasteiger charge is 2.31. The first kappa shape index (κ1) is 21.1. The summed E-state index contributed by atoms with van der Waals surface area (Å²) in [6.07, 6.45) is 6.15. The van der Waals surface area contributed by atoms with Crippen molar-refractivity contribution in [1.29, 1.82) is 0 Å². The summed E-state index contributed by atoms with van der Waals surface area (Å²) in [5, 5.41) is 0. The molecule has 0 aliphatic heterocycles. The monoisotopic (exact) mass is 334 g/mol. The predicted molar refractivity (Wildman–Crippen MR) is 87.0 cm³/mol. The molecular formula is C15H30N2O4S. The maximum Gasteiger partial charge on any atom is 0.241 e. The summed E-state index contributed by atoms with van der Waals surface area (Å²) >= 11 is 0. The molecule has 0 aliphatic carbocycles. The van der Waals surface area contributed by atoms with E-state index in [1.807, 2.05) is 6.92 Å². The molecule has 0 radical (unpaired) electrons. The lowest BCUT2D eigenvalue weighted by molar-refractivity contribution is -0.949. The molecule has 130 valence electrons. The van der Waals surface area contributed by atoms with Crippen LogP contribution < -0.4 is 5.73 Å². The second-order valence-corrected chi connectivity index (χ2v) is 7.41. The summed E-state index contributed by atoms with van der Waals surface area (Å²) < 4.78 is 33.4. The Morgan fingerprint density at radius 2 is 1.77 bits per heavy atom. The first-order chi connectivity index (χ1) is 10.2. The first-order valence-corrected chi connectivity index (χ1v) is 9.50. The molecule has 0 aromatic heterocycles. The molecule has 0 aromatic rings. The van der Waals surface area contributed by atoms with Gasteiger partial charge in [0.05, 0.1) is 35.8 Å². The van der Waals surface area contributed by atoms with E-state index in [2.05, 4.69) is 13.8 Å². The summed E-state index contributed by atoms with van der Waals surface area (Å²) in [4.78, 5) is 10.8. The van der Waals surface area contributed by atoms with Crippen LogP contribution in [0.3, 0.4) is 0 Å². The number of amides is 1. The summed E-state index contributed by atoms with van der Waals surface area (Å²) in [6.45, 7) is 8.87. The normalized spacial score (nSPS) is 14.4. The zero-order valence-corrected chi connectivity index (χ0v) is 14.8. The molecule has 2 N–H and O–H groups in total. The Morgan fingerprint density at radius 3 is 2.18 bits per heavy atom. The number of carbonyl (C=O) groups is 1. The molecule has 0 saturated heterocycles. The van der Waals surface area contributed by atoms with Gasteiger partial charge in [-0.3, -0.25) is 4.79 Å². The number of carbonyl (C=O) groups excluding carboxylic acids is 1. The Balaban J connectivity index is 4.98. The summed E-state index contributed by atoms with van der Waals surface area (Å²) in [6, 6.07) is 0.0885. The minimum atomic E-state index is -4.18. The van der Waals surface area contributed by atoms with Crippen LogP contribution in [0.4, 0.5) is 0 Å². The Kier molecular flexibility index (Phi) is 9.55. The van der Waals surface area contributed by atoms with Crippen molar-refractivity contribution in [2.24, 2.45) is 5.73 Å². The average molecular weight is 334 g/mol. The first-order valence-electron chi connectivity index (χ1n) is 7.92. The number of quaternary nitrogens is 1. The van der Waals surface area contributed by atoms with Crippen LogP contribution in [-0.4, -0.2) is 54.8 Å². The largest absolute Gasteiger partial charge is 0.748 e. The van der Waals surface area contributed by atoms with Crippen LogP contribution in [0.2, 0.25) is 0 Å². The molecule has 6 nitrogen and oxygen atoms in total. The van der Waals surface area contributed by atoms with Crippen LogP contribution in [0, 0.1) is 0 Å². The minimum absolute atomic E-state index is 0.0885. The van der Waals surface area contributed by atoms with E-state index in [1.165, 1.54) is 6.08 Å². The van der Waals surface area contributed by atoms with E-state index in [0.717, 1.165) is 37.0 Å². The fourth-order valence-corrected chi connectivity index (χ4v) is 3.64. The Hall–Kier alpha value is -0.920. The van der Waals surface area contributed by atoms with Gasteiger partial charge in [0.25, 0.3) is 0 Å². The molecule has 0 bridgehead atoms. The van der Waals surface area contributed by atoms with Crippen molar-refractivity contribution < 1.29 is 22.2 Å². The van der Waals surface area contributed by atoms with Crippen molar-refractivity contribution in [1.82, 2.24) is 0 Å². The lowest BCUT2D eigenvalue weighted by Gasteiger charge is -2.44. The van der Waals surface area contributed by atoms with Gasteiger partial charge in [-0.2, -0.15) is 0 Å². The van der Waals surface area contributed by atoms with Crippen molar-refractivity contribution in [3.63, 3.8) is 0 Å². The van der Waals surface area contributed by atoms with Crippen molar-refractivity contribution >= 4 is 16.0 Å². The number of nitrogens with zero attached hydrogens (tertiary/aromatic N) is 1. The van der Waals surface area contributed by atoms with Gasteiger partial charge in [0.2, 0.25) is 5.91 Å². The Labute approximate surface area is 134 Å². The minimum Gasteiger partial charge on any atom is -0.748 e. The summed E-state index contributed by atoms with van der Waals surface area (Å²) in [5.74, 6) is -0.784. The molecule has 1 atom stereocenters. The topological polar surface area (TPSA) is 100 Å². The van der Waals surface area contributed by atoms with E-state index >= 15 is 0 Å². The molecule has 0 rings (SSSR count). The van der Waals surface area contributed by atoms with Crippen LogP contribution in [0.25, 0.3) is 0 Å². The molecular weight excluding hydrogens is 304 g/mol. The molecule has 0 spiro atoms. The highest BCUT2D eigenvalue weighted by Crippen LogP contribution is 2.21. The molecule has 0 fully saturated rings. The van der Waals surface area contributed by atoms with Crippen molar-refractivity contribution in [2.75, 3.05) is 25.4 Å². The molecule has 0 aliphatic rings. The molecule has 0 heterocycles. The fourth-order valence-electron chi connectivity index (χ4n) is 3.01. The number of primary amides is 1. The van der Waals surface area contributed by atoms with Gasteiger partial charge in [-0.05, 0) is 25.8 Å². The standard InChI is InChI=1S/C15H30N2O4S/c1-4-10-17(11-5-2,12-7-6-8-15(16)18)14(3)9-13-22(19,20)21/h6,8,14H,4-5,7,9-13H2,1-3H3,(H2-,16,18,19,20,21). The zero-order chi connectivity index (χ0) is 17.2. The third-order valence-electron chi connectivity index (χ3n) is 4.08. The number of nitrogens with two attached hydrogens (primary N) is 1. The number of hydrogen-bond donors (Lipinski definition) is 1. The third kappa shape index (κ3) is 8.51. The van der Waals surface area contributed by atoms with E-state index in [4.69, 9.17) is 5.73 Å². The highest BCUT2D eigenvalue weighted by molar-refractivity contribution is 7.85. The van der Waals surface area contributed by atoms with Gasteiger partial charge in [0, 0.05) is 18.6 Å². The molecule has 22 heavy (non-hydrogen) atoms. The van der Waals surface area contributed by atoms with Gasteiger partial charge in [-0.1, -0.05) is 19.9 Å². The van der Waals surface area contributed by atoms with E-state index in [-0.39, 0.29) is 11.8 Å². The second-order valence-electron chi connectivity index (χ2n) is 5.88. The van der Waals surface area contributed by atoms with Gasteiger partial charge in [-0.25, -0.2) is 8.42 Å². The van der Waals surface area contributed by atoms with E-state index in [9.17, 15) is 17.8 Å². The molecule has 0 saturated carbocycles. The van der Waals surface area contributed by atoms with Crippen molar-refractivity contribution in [3.8, 4) is 0 Å². The molecule has 1 amide bonds. The number of hydrogen-bond acceptors (Lipinski definition) is 4. The third-order valence-corrected chi connectivity index (χ3v) is 4.82. The van der Waals surface area contributed by atoms with E-state index in [0.29, 0.717) is 12.8 Å². The molecule has 1 unspecified atom stereocenters. The van der Waals surface area contributed by atoms with Crippen molar-refractivity contribution in [2.45, 2.75) is 52.5 Å². The SMILES string of the molecule is CCC[N+](CCC)(CCC=CC(N)=O)C(C)CCS(=O)(=O)[O-]. The highest BCUT2D eigenvalue weighted by atomic mass is 32.2. The maximum atomic E-state index is 10.9.